The first-order valence-corrected chi connectivity index (χ1v) is 10.9. The molecule has 156 valence electrons. The van der Waals surface area contributed by atoms with Gasteiger partial charge in [-0.25, -0.2) is 15.0 Å². The molecule has 0 spiro atoms. The molecular formula is C21H25N7OS. The van der Waals surface area contributed by atoms with Crippen LogP contribution in [0.25, 0.3) is 11.3 Å². The fraction of sp³-hybridized carbons (Fsp3) is 0.381. The maximum Gasteiger partial charge on any atom is 0.229 e. The summed E-state index contributed by atoms with van der Waals surface area (Å²) in [7, 11) is 2.13. The van der Waals surface area contributed by atoms with E-state index in [2.05, 4.69) is 36.8 Å². The van der Waals surface area contributed by atoms with Crippen LogP contribution in [0.4, 0.5) is 5.95 Å². The lowest BCUT2D eigenvalue weighted by molar-refractivity contribution is 0.282. The molecule has 3 heterocycles. The van der Waals surface area contributed by atoms with Crippen molar-refractivity contribution in [2.75, 3.05) is 38.1 Å². The van der Waals surface area contributed by atoms with E-state index in [1.54, 1.807) is 6.20 Å². The first kappa shape index (κ1) is 20.6. The molecule has 0 unspecified atom stereocenters. The molecule has 0 bridgehead atoms. The molecule has 8 nitrogen and oxygen atoms in total. The summed E-state index contributed by atoms with van der Waals surface area (Å²) in [6.07, 6.45) is 2.49. The Morgan fingerprint density at radius 2 is 1.70 bits per heavy atom. The minimum Gasteiger partial charge on any atom is -0.392 e. The van der Waals surface area contributed by atoms with E-state index in [9.17, 15) is 5.11 Å². The van der Waals surface area contributed by atoms with Crippen molar-refractivity contribution in [2.24, 2.45) is 0 Å². The molecule has 0 radical (unpaired) electrons. The molecule has 0 saturated carbocycles. The molecule has 1 N–H and O–H groups in total. The molecule has 1 fully saturated rings. The number of aryl methyl sites for hydroxylation is 1. The van der Waals surface area contributed by atoms with Gasteiger partial charge >= 0.3 is 0 Å². The van der Waals surface area contributed by atoms with Gasteiger partial charge in [-0.05, 0) is 30.4 Å². The molecule has 30 heavy (non-hydrogen) atoms. The van der Waals surface area contributed by atoms with Crippen molar-refractivity contribution in [3.63, 3.8) is 0 Å². The molecule has 1 aliphatic rings. The molecule has 0 aliphatic carbocycles. The highest BCUT2D eigenvalue weighted by molar-refractivity contribution is 7.99. The first-order valence-electron chi connectivity index (χ1n) is 10.0. The van der Waals surface area contributed by atoms with Gasteiger partial charge in [0.25, 0.3) is 0 Å². The van der Waals surface area contributed by atoms with Gasteiger partial charge in [0.2, 0.25) is 11.1 Å². The SMILES string of the molecule is CCc1nc(Sc2nccc(-c3ccc(CO)cc3)n2)nc(N2CCN(C)CC2)n1. The molecule has 3 aromatic rings. The van der Waals surface area contributed by atoms with Crippen LogP contribution in [0.5, 0.6) is 0 Å². The predicted molar refractivity (Wildman–Crippen MR) is 116 cm³/mol. The topological polar surface area (TPSA) is 91.2 Å². The van der Waals surface area contributed by atoms with Crippen LogP contribution in [0, 0.1) is 0 Å². The number of nitrogens with zero attached hydrogens (tertiary/aromatic N) is 7. The summed E-state index contributed by atoms with van der Waals surface area (Å²) in [6, 6.07) is 9.56. The number of likely N-dealkylation sites (N-methyl/N-ethyl adjacent to an activating group) is 1. The maximum absolute atomic E-state index is 9.23. The predicted octanol–water partition coefficient (Wildman–Crippen LogP) is 2.29. The van der Waals surface area contributed by atoms with E-state index in [1.807, 2.05) is 37.3 Å². The van der Waals surface area contributed by atoms with Gasteiger partial charge in [-0.3, -0.25) is 0 Å². The second kappa shape index (κ2) is 9.46. The quantitative estimate of drug-likeness (QED) is 0.600. The van der Waals surface area contributed by atoms with E-state index in [0.717, 1.165) is 61.2 Å². The van der Waals surface area contributed by atoms with Gasteiger partial charge in [-0.1, -0.05) is 31.2 Å². The third-order valence-electron chi connectivity index (χ3n) is 5.00. The minimum atomic E-state index is 0.0277. The molecule has 1 saturated heterocycles. The fourth-order valence-corrected chi connectivity index (χ4v) is 3.85. The number of anilines is 1. The van der Waals surface area contributed by atoms with Gasteiger partial charge in [0.15, 0.2) is 5.16 Å². The van der Waals surface area contributed by atoms with Crippen molar-refractivity contribution in [3.05, 3.63) is 47.9 Å². The van der Waals surface area contributed by atoms with Crippen LogP contribution in [-0.4, -0.2) is 68.2 Å². The van der Waals surface area contributed by atoms with Gasteiger partial charge in [0.1, 0.15) is 5.82 Å². The largest absolute Gasteiger partial charge is 0.392 e. The summed E-state index contributed by atoms with van der Waals surface area (Å²) in [4.78, 5) is 27.5. The number of aliphatic hydroxyl groups excluding tert-OH is 1. The second-order valence-corrected chi connectivity index (χ2v) is 8.09. The zero-order chi connectivity index (χ0) is 20.9. The molecule has 0 atom stereocenters. The molecule has 1 aromatic carbocycles. The lowest BCUT2D eigenvalue weighted by Gasteiger charge is -2.32. The maximum atomic E-state index is 9.23. The molecule has 9 heteroatoms. The normalized spacial score (nSPS) is 14.8. The summed E-state index contributed by atoms with van der Waals surface area (Å²) in [5.41, 5.74) is 2.66. The van der Waals surface area contributed by atoms with Crippen LogP contribution in [0.1, 0.15) is 18.3 Å². The molecule has 4 rings (SSSR count). The van der Waals surface area contributed by atoms with Gasteiger partial charge in [0.05, 0.1) is 12.3 Å². The summed E-state index contributed by atoms with van der Waals surface area (Å²) in [6.45, 7) is 5.88. The van der Waals surface area contributed by atoms with Crippen molar-refractivity contribution in [1.29, 1.82) is 0 Å². The number of hydrogen-bond acceptors (Lipinski definition) is 9. The number of rotatable bonds is 6. The number of aromatic nitrogens is 5. The van der Waals surface area contributed by atoms with Crippen LogP contribution in [-0.2, 0) is 13.0 Å². The van der Waals surface area contributed by atoms with E-state index in [0.29, 0.717) is 10.3 Å². The van der Waals surface area contributed by atoms with Crippen LogP contribution < -0.4 is 4.90 Å². The van der Waals surface area contributed by atoms with Gasteiger partial charge in [-0.15, -0.1) is 0 Å². The lowest BCUT2D eigenvalue weighted by Crippen LogP contribution is -2.45. The van der Waals surface area contributed by atoms with Gasteiger partial charge < -0.3 is 14.9 Å². The summed E-state index contributed by atoms with van der Waals surface area (Å²) < 4.78 is 0. The smallest absolute Gasteiger partial charge is 0.229 e. The van der Waals surface area contributed by atoms with Crippen molar-refractivity contribution < 1.29 is 5.11 Å². The van der Waals surface area contributed by atoms with Crippen molar-refractivity contribution in [1.82, 2.24) is 29.8 Å². The second-order valence-electron chi connectivity index (χ2n) is 7.16. The fourth-order valence-electron chi connectivity index (χ4n) is 3.15. The number of hydrogen-bond donors (Lipinski definition) is 1. The van der Waals surface area contributed by atoms with Crippen LogP contribution in [0.3, 0.4) is 0 Å². The summed E-state index contributed by atoms with van der Waals surface area (Å²) in [5.74, 6) is 1.50. The third-order valence-corrected chi connectivity index (χ3v) is 5.74. The average molecular weight is 424 g/mol. The zero-order valence-electron chi connectivity index (χ0n) is 17.2. The van der Waals surface area contributed by atoms with Gasteiger partial charge in [-0.2, -0.15) is 9.97 Å². The Labute approximate surface area is 180 Å². The first-order chi connectivity index (χ1) is 14.6. The molecule has 2 aromatic heterocycles. The van der Waals surface area contributed by atoms with Gasteiger partial charge in [0, 0.05) is 44.4 Å². The average Bonchev–Trinajstić information content (AvgIpc) is 2.79. The summed E-state index contributed by atoms with van der Waals surface area (Å²) >= 11 is 1.35. The highest BCUT2D eigenvalue weighted by atomic mass is 32.2. The standard InChI is InChI=1S/C21H25N7OS/c1-3-18-24-19(28-12-10-27(2)11-13-28)26-21(25-18)30-20-22-9-8-17(23-20)16-6-4-15(14-29)5-7-16/h4-9,29H,3,10-14H2,1-2H3. The van der Waals surface area contributed by atoms with Crippen molar-refractivity contribution in [3.8, 4) is 11.3 Å². The van der Waals surface area contributed by atoms with E-state index >= 15 is 0 Å². The minimum absolute atomic E-state index is 0.0277. The highest BCUT2D eigenvalue weighted by Crippen LogP contribution is 2.26. The van der Waals surface area contributed by atoms with Crippen LogP contribution in [0.2, 0.25) is 0 Å². The number of aliphatic hydroxyl groups is 1. The lowest BCUT2D eigenvalue weighted by atomic mass is 10.1. The Balaban J connectivity index is 1.57. The third kappa shape index (κ3) is 4.92. The van der Waals surface area contributed by atoms with Crippen molar-refractivity contribution in [2.45, 2.75) is 30.3 Å². The number of piperazine rings is 1. The number of benzene rings is 1. The Morgan fingerprint density at radius 3 is 2.40 bits per heavy atom. The highest BCUT2D eigenvalue weighted by Gasteiger charge is 2.19. The Morgan fingerprint density at radius 1 is 0.933 bits per heavy atom. The Kier molecular flexibility index (Phi) is 6.51. The molecule has 0 amide bonds. The molecule has 1 aliphatic heterocycles. The zero-order valence-corrected chi connectivity index (χ0v) is 18.0. The van der Waals surface area contributed by atoms with E-state index < -0.39 is 0 Å². The van der Waals surface area contributed by atoms with Crippen LogP contribution >= 0.6 is 11.8 Å². The van der Waals surface area contributed by atoms with E-state index in [-0.39, 0.29) is 6.61 Å². The van der Waals surface area contributed by atoms with Crippen molar-refractivity contribution >= 4 is 17.7 Å². The molecular weight excluding hydrogens is 398 g/mol. The van der Waals surface area contributed by atoms with Crippen LogP contribution in [0.15, 0.2) is 46.8 Å². The monoisotopic (exact) mass is 423 g/mol. The Hall–Kier alpha value is -2.62. The van der Waals surface area contributed by atoms with E-state index in [1.165, 1.54) is 11.8 Å². The Bertz CT molecular complexity index is 991. The summed E-state index contributed by atoms with van der Waals surface area (Å²) in [5, 5.41) is 10.4. The van der Waals surface area contributed by atoms with E-state index in [4.69, 9.17) is 4.98 Å².